The molecule has 25 heavy (non-hydrogen) atoms. The Hall–Kier alpha value is -1.27. The van der Waals surface area contributed by atoms with Gasteiger partial charge in [0.25, 0.3) is 0 Å². The van der Waals surface area contributed by atoms with Crippen LogP contribution in [0.2, 0.25) is 5.02 Å². The molecule has 1 aromatic carbocycles. The van der Waals surface area contributed by atoms with Crippen molar-refractivity contribution < 1.29 is 13.2 Å². The first-order valence-electron chi connectivity index (χ1n) is 8.72. The predicted octanol–water partition coefficient (Wildman–Crippen LogP) is 3.11. The lowest BCUT2D eigenvalue weighted by molar-refractivity contribution is -0.122. The lowest BCUT2D eigenvalue weighted by atomic mass is 9.95. The normalized spacial score (nSPS) is 26.5. The molecule has 1 aromatic rings. The summed E-state index contributed by atoms with van der Waals surface area (Å²) in [5.74, 6) is 1.01. The molecule has 2 saturated carbocycles. The van der Waals surface area contributed by atoms with Crippen molar-refractivity contribution >= 4 is 33.2 Å². The number of sulfonamides is 1. The zero-order valence-electron chi connectivity index (χ0n) is 14.8. The van der Waals surface area contributed by atoms with Crippen LogP contribution in [0, 0.1) is 18.8 Å². The highest BCUT2D eigenvalue weighted by Crippen LogP contribution is 2.44. The number of hydrogen-bond donors (Lipinski definition) is 1. The summed E-state index contributed by atoms with van der Waals surface area (Å²) in [4.78, 5) is 12.8. The number of hydrogen-bond acceptors (Lipinski definition) is 3. The molecule has 1 amide bonds. The number of anilines is 1. The van der Waals surface area contributed by atoms with E-state index in [2.05, 4.69) is 5.32 Å². The summed E-state index contributed by atoms with van der Waals surface area (Å²) in [5, 5.41) is 3.53. The number of nitrogens with zero attached hydrogens (tertiary/aromatic N) is 1. The minimum Gasteiger partial charge on any atom is -0.351 e. The van der Waals surface area contributed by atoms with Crippen LogP contribution in [0.1, 0.15) is 38.2 Å². The molecule has 2 aliphatic carbocycles. The third-order valence-electron chi connectivity index (χ3n) is 5.56. The van der Waals surface area contributed by atoms with E-state index in [4.69, 9.17) is 11.6 Å². The SMILES string of the molecule is Cc1ccc(Cl)cc1N([C@@H](C)C(=O)N[C@@H]1C[C@H]2CC[C@H]1C2)S(C)(=O)=O. The van der Waals surface area contributed by atoms with E-state index in [0.29, 0.717) is 22.5 Å². The number of benzene rings is 1. The van der Waals surface area contributed by atoms with E-state index in [1.54, 1.807) is 25.1 Å². The van der Waals surface area contributed by atoms with Gasteiger partial charge in [-0.25, -0.2) is 8.42 Å². The van der Waals surface area contributed by atoms with Gasteiger partial charge in [0.05, 0.1) is 11.9 Å². The van der Waals surface area contributed by atoms with Crippen LogP contribution in [0.5, 0.6) is 0 Å². The molecule has 0 spiro atoms. The van der Waals surface area contributed by atoms with Gasteiger partial charge in [-0.3, -0.25) is 9.10 Å². The van der Waals surface area contributed by atoms with Crippen LogP contribution in [-0.4, -0.2) is 32.7 Å². The van der Waals surface area contributed by atoms with Gasteiger partial charge >= 0.3 is 0 Å². The smallest absolute Gasteiger partial charge is 0.243 e. The Kier molecular flexibility index (Phi) is 5.04. The van der Waals surface area contributed by atoms with Gasteiger partial charge in [0.2, 0.25) is 15.9 Å². The van der Waals surface area contributed by atoms with Crippen LogP contribution in [0.15, 0.2) is 18.2 Å². The molecule has 2 bridgehead atoms. The largest absolute Gasteiger partial charge is 0.351 e. The monoisotopic (exact) mass is 384 g/mol. The Labute approximate surface area is 154 Å². The maximum Gasteiger partial charge on any atom is 0.243 e. The van der Waals surface area contributed by atoms with Crippen LogP contribution in [0.25, 0.3) is 0 Å². The number of rotatable bonds is 5. The molecule has 2 aliphatic rings. The maximum atomic E-state index is 12.8. The van der Waals surface area contributed by atoms with Crippen LogP contribution < -0.4 is 9.62 Å². The summed E-state index contributed by atoms with van der Waals surface area (Å²) in [6, 6.07) is 4.41. The quantitative estimate of drug-likeness (QED) is 0.848. The van der Waals surface area contributed by atoms with E-state index < -0.39 is 16.1 Å². The Morgan fingerprint density at radius 2 is 2.04 bits per heavy atom. The molecular weight excluding hydrogens is 360 g/mol. The third-order valence-corrected chi connectivity index (χ3v) is 7.03. The van der Waals surface area contributed by atoms with Crippen molar-refractivity contribution in [2.24, 2.45) is 11.8 Å². The number of carbonyl (C=O) groups excluding carboxylic acids is 1. The molecule has 138 valence electrons. The minimum atomic E-state index is -3.63. The lowest BCUT2D eigenvalue weighted by Gasteiger charge is -2.31. The van der Waals surface area contributed by atoms with E-state index in [1.807, 2.05) is 6.92 Å². The van der Waals surface area contributed by atoms with Crippen molar-refractivity contribution in [1.29, 1.82) is 0 Å². The Balaban J connectivity index is 1.83. The van der Waals surface area contributed by atoms with Crippen molar-refractivity contribution in [3.63, 3.8) is 0 Å². The number of halogens is 1. The number of carbonyl (C=O) groups is 1. The summed E-state index contributed by atoms with van der Waals surface area (Å²) in [6.07, 6.45) is 5.73. The second kappa shape index (κ2) is 6.80. The van der Waals surface area contributed by atoms with Crippen LogP contribution >= 0.6 is 11.6 Å². The number of nitrogens with one attached hydrogen (secondary N) is 1. The maximum absolute atomic E-state index is 12.8. The van der Waals surface area contributed by atoms with Gasteiger partial charge in [-0.05, 0) is 62.6 Å². The molecule has 1 N–H and O–H groups in total. The summed E-state index contributed by atoms with van der Waals surface area (Å²) < 4.78 is 26.0. The molecule has 4 atom stereocenters. The molecule has 2 fully saturated rings. The fourth-order valence-electron chi connectivity index (χ4n) is 4.33. The van der Waals surface area contributed by atoms with Gasteiger partial charge in [-0.15, -0.1) is 0 Å². The second-order valence-corrected chi connectivity index (χ2v) is 9.75. The van der Waals surface area contributed by atoms with Gasteiger partial charge in [-0.1, -0.05) is 24.1 Å². The van der Waals surface area contributed by atoms with Crippen molar-refractivity contribution in [2.45, 2.75) is 51.6 Å². The van der Waals surface area contributed by atoms with Crippen LogP contribution in [0.4, 0.5) is 5.69 Å². The molecule has 0 heterocycles. The first-order valence-corrected chi connectivity index (χ1v) is 11.0. The standard InChI is InChI=1S/C18H25ClN2O3S/c1-11-4-7-15(19)10-17(11)21(25(3,23)24)12(2)18(22)20-16-9-13-5-6-14(16)8-13/h4,7,10,12-14,16H,5-6,8-9H2,1-3H3,(H,20,22)/t12-,13-,14-,16+/m0/s1. The van der Waals surface area contributed by atoms with Crippen molar-refractivity contribution in [2.75, 3.05) is 10.6 Å². The number of aryl methyl sites for hydroxylation is 1. The summed E-state index contributed by atoms with van der Waals surface area (Å²) in [7, 11) is -3.63. The molecular formula is C18H25ClN2O3S. The van der Waals surface area contributed by atoms with Crippen molar-refractivity contribution in [1.82, 2.24) is 5.32 Å². The average Bonchev–Trinajstić information content (AvgIpc) is 3.12. The second-order valence-electron chi connectivity index (χ2n) is 7.46. The Bertz CT molecular complexity index is 781. The highest BCUT2D eigenvalue weighted by Gasteiger charge is 2.41. The first kappa shape index (κ1) is 18.5. The molecule has 0 aromatic heterocycles. The molecule has 0 unspecified atom stereocenters. The van der Waals surface area contributed by atoms with E-state index in [1.165, 1.54) is 17.1 Å². The highest BCUT2D eigenvalue weighted by atomic mass is 35.5. The van der Waals surface area contributed by atoms with E-state index >= 15 is 0 Å². The third kappa shape index (κ3) is 3.80. The summed E-state index contributed by atoms with van der Waals surface area (Å²) >= 11 is 6.05. The fourth-order valence-corrected chi connectivity index (χ4v) is 5.72. The van der Waals surface area contributed by atoms with Gasteiger partial charge < -0.3 is 5.32 Å². The Morgan fingerprint density at radius 3 is 2.60 bits per heavy atom. The molecule has 0 radical (unpaired) electrons. The summed E-state index contributed by atoms with van der Waals surface area (Å²) in [6.45, 7) is 3.44. The molecule has 0 saturated heterocycles. The van der Waals surface area contributed by atoms with Crippen molar-refractivity contribution in [3.8, 4) is 0 Å². The first-order chi connectivity index (χ1) is 11.7. The number of fused-ring (bicyclic) bond motifs is 2. The topological polar surface area (TPSA) is 66.5 Å². The predicted molar refractivity (Wildman–Crippen MR) is 100 cm³/mol. The van der Waals surface area contributed by atoms with Gasteiger partial charge in [0.1, 0.15) is 6.04 Å². The molecule has 0 aliphatic heterocycles. The lowest BCUT2D eigenvalue weighted by Crippen LogP contribution is -2.51. The van der Waals surface area contributed by atoms with Gasteiger partial charge in [-0.2, -0.15) is 0 Å². The minimum absolute atomic E-state index is 0.176. The summed E-state index contributed by atoms with van der Waals surface area (Å²) in [5.41, 5.74) is 1.21. The molecule has 5 nitrogen and oxygen atoms in total. The van der Waals surface area contributed by atoms with E-state index in [9.17, 15) is 13.2 Å². The highest BCUT2D eigenvalue weighted by molar-refractivity contribution is 7.92. The van der Waals surface area contributed by atoms with Crippen LogP contribution in [0.3, 0.4) is 0 Å². The van der Waals surface area contributed by atoms with Crippen molar-refractivity contribution in [3.05, 3.63) is 28.8 Å². The number of amides is 1. The van der Waals surface area contributed by atoms with E-state index in [-0.39, 0.29) is 11.9 Å². The van der Waals surface area contributed by atoms with Gasteiger partial charge in [0.15, 0.2) is 0 Å². The van der Waals surface area contributed by atoms with Crippen LogP contribution in [-0.2, 0) is 14.8 Å². The Morgan fingerprint density at radius 1 is 1.32 bits per heavy atom. The van der Waals surface area contributed by atoms with Gasteiger partial charge in [0, 0.05) is 11.1 Å². The zero-order valence-corrected chi connectivity index (χ0v) is 16.4. The fraction of sp³-hybridized carbons (Fsp3) is 0.611. The zero-order chi connectivity index (χ0) is 18.4. The molecule has 7 heteroatoms. The van der Waals surface area contributed by atoms with E-state index in [0.717, 1.165) is 24.7 Å². The average molecular weight is 385 g/mol. The molecule has 3 rings (SSSR count).